The van der Waals surface area contributed by atoms with Crippen LogP contribution in [0, 0.1) is 5.92 Å². The van der Waals surface area contributed by atoms with Crippen molar-refractivity contribution >= 4 is 5.91 Å². The molecule has 4 N–H and O–H groups in total. The van der Waals surface area contributed by atoms with Crippen LogP contribution in [0.3, 0.4) is 0 Å². The number of hydrogen-bond donors (Lipinski definition) is 3. The van der Waals surface area contributed by atoms with Gasteiger partial charge in [0, 0.05) is 0 Å². The minimum atomic E-state index is -0.486. The SMILES string of the molecule is CC[C@H](CO)NC(=O)C(N)C(C)C. The fourth-order valence-corrected chi connectivity index (χ4v) is 0.877. The number of aliphatic hydroxyl groups excluding tert-OH is 1. The van der Waals surface area contributed by atoms with Gasteiger partial charge in [0.15, 0.2) is 0 Å². The number of nitrogens with two attached hydrogens (primary N) is 1. The molecule has 0 saturated carbocycles. The highest BCUT2D eigenvalue weighted by atomic mass is 16.3. The lowest BCUT2D eigenvalue weighted by atomic mass is 10.0. The molecule has 0 radical (unpaired) electrons. The third-order valence-corrected chi connectivity index (χ3v) is 2.08. The molecule has 0 aromatic heterocycles. The van der Waals surface area contributed by atoms with Gasteiger partial charge >= 0.3 is 0 Å². The fourth-order valence-electron chi connectivity index (χ4n) is 0.877. The molecule has 0 saturated heterocycles. The molecule has 4 heteroatoms. The number of amides is 1. The van der Waals surface area contributed by atoms with Gasteiger partial charge in [-0.2, -0.15) is 0 Å². The van der Waals surface area contributed by atoms with Crippen LogP contribution in [0.4, 0.5) is 0 Å². The van der Waals surface area contributed by atoms with Crippen LogP contribution >= 0.6 is 0 Å². The summed E-state index contributed by atoms with van der Waals surface area (Å²) in [5.41, 5.74) is 5.62. The van der Waals surface area contributed by atoms with E-state index in [9.17, 15) is 4.79 Å². The number of carbonyl (C=O) groups is 1. The Hall–Kier alpha value is -0.610. The van der Waals surface area contributed by atoms with E-state index >= 15 is 0 Å². The van der Waals surface area contributed by atoms with Crippen LogP contribution < -0.4 is 11.1 Å². The summed E-state index contributed by atoms with van der Waals surface area (Å²) in [6, 6.07) is -0.655. The molecule has 1 amide bonds. The molecule has 0 rings (SSSR count). The summed E-state index contributed by atoms with van der Waals surface area (Å²) in [5.74, 6) is -0.0629. The van der Waals surface area contributed by atoms with Gasteiger partial charge in [0.25, 0.3) is 0 Å². The second kappa shape index (κ2) is 5.94. The Kier molecular flexibility index (Phi) is 5.66. The second-order valence-electron chi connectivity index (χ2n) is 3.57. The summed E-state index contributed by atoms with van der Waals surface area (Å²) in [5, 5.41) is 11.5. The van der Waals surface area contributed by atoms with E-state index in [1.165, 1.54) is 0 Å². The molecule has 0 aromatic rings. The molecular weight excluding hydrogens is 168 g/mol. The molecule has 4 nitrogen and oxygen atoms in total. The zero-order chi connectivity index (χ0) is 10.4. The first-order valence-electron chi connectivity index (χ1n) is 4.69. The maximum Gasteiger partial charge on any atom is 0.237 e. The molecule has 13 heavy (non-hydrogen) atoms. The topological polar surface area (TPSA) is 75.3 Å². The standard InChI is InChI=1S/C9H20N2O2/c1-4-7(5-12)11-9(13)8(10)6(2)3/h6-8,12H,4-5,10H2,1-3H3,(H,11,13)/t7-,8?/m1/s1. The van der Waals surface area contributed by atoms with Crippen molar-refractivity contribution in [3.63, 3.8) is 0 Å². The number of nitrogens with one attached hydrogen (secondary N) is 1. The molecule has 0 bridgehead atoms. The number of carbonyl (C=O) groups excluding carboxylic acids is 1. The van der Waals surface area contributed by atoms with Crippen LogP contribution in [0.5, 0.6) is 0 Å². The largest absolute Gasteiger partial charge is 0.394 e. The van der Waals surface area contributed by atoms with Gasteiger partial charge in [-0.25, -0.2) is 0 Å². The average Bonchev–Trinajstić information content (AvgIpc) is 2.12. The van der Waals surface area contributed by atoms with E-state index in [0.29, 0.717) is 6.42 Å². The third-order valence-electron chi connectivity index (χ3n) is 2.08. The summed E-state index contributed by atoms with van der Waals surface area (Å²) in [7, 11) is 0. The average molecular weight is 188 g/mol. The first-order valence-corrected chi connectivity index (χ1v) is 4.69. The molecule has 0 fully saturated rings. The first-order chi connectivity index (χ1) is 6.02. The molecule has 78 valence electrons. The molecule has 0 spiro atoms. The van der Waals surface area contributed by atoms with Gasteiger partial charge in [0.05, 0.1) is 18.7 Å². The predicted molar refractivity (Wildman–Crippen MR) is 52.1 cm³/mol. The monoisotopic (exact) mass is 188 g/mol. The van der Waals surface area contributed by atoms with E-state index in [1.54, 1.807) is 0 Å². The third kappa shape index (κ3) is 4.24. The minimum Gasteiger partial charge on any atom is -0.394 e. The van der Waals surface area contributed by atoms with Crippen molar-refractivity contribution in [2.75, 3.05) is 6.61 Å². The van der Waals surface area contributed by atoms with Crippen LogP contribution in [-0.4, -0.2) is 29.7 Å². The molecule has 0 aromatic carbocycles. The lowest BCUT2D eigenvalue weighted by Crippen LogP contribution is -2.48. The fraction of sp³-hybridized carbons (Fsp3) is 0.889. The van der Waals surface area contributed by atoms with Gasteiger partial charge in [0.2, 0.25) is 5.91 Å². The maximum atomic E-state index is 11.4. The summed E-state index contributed by atoms with van der Waals surface area (Å²) in [6.07, 6.45) is 0.715. The number of aliphatic hydroxyl groups is 1. The van der Waals surface area contributed by atoms with Crippen molar-refractivity contribution in [1.29, 1.82) is 0 Å². The van der Waals surface area contributed by atoms with Crippen LogP contribution in [0.2, 0.25) is 0 Å². The van der Waals surface area contributed by atoms with Crippen molar-refractivity contribution in [2.24, 2.45) is 11.7 Å². The molecule has 2 atom stereocenters. The van der Waals surface area contributed by atoms with Crippen molar-refractivity contribution in [3.05, 3.63) is 0 Å². The lowest BCUT2D eigenvalue weighted by molar-refractivity contribution is -0.124. The summed E-state index contributed by atoms with van der Waals surface area (Å²) in [6.45, 7) is 5.66. The van der Waals surface area contributed by atoms with Crippen molar-refractivity contribution < 1.29 is 9.90 Å². The van der Waals surface area contributed by atoms with Crippen molar-refractivity contribution in [2.45, 2.75) is 39.3 Å². The first kappa shape index (κ1) is 12.4. The van der Waals surface area contributed by atoms with E-state index in [0.717, 1.165) is 0 Å². The number of hydrogen-bond acceptors (Lipinski definition) is 3. The highest BCUT2D eigenvalue weighted by Gasteiger charge is 2.19. The maximum absolute atomic E-state index is 11.4. The Morgan fingerprint density at radius 1 is 1.54 bits per heavy atom. The molecule has 1 unspecified atom stereocenters. The molecular formula is C9H20N2O2. The molecule has 0 aliphatic rings. The van der Waals surface area contributed by atoms with Gasteiger partial charge in [0.1, 0.15) is 0 Å². The van der Waals surface area contributed by atoms with Crippen molar-refractivity contribution in [1.82, 2.24) is 5.32 Å². The summed E-state index contributed by atoms with van der Waals surface area (Å²) in [4.78, 5) is 11.4. The normalized spacial score (nSPS) is 15.5. The van der Waals surface area contributed by atoms with Gasteiger partial charge in [-0.15, -0.1) is 0 Å². The Morgan fingerprint density at radius 2 is 2.08 bits per heavy atom. The van der Waals surface area contributed by atoms with Gasteiger partial charge < -0.3 is 16.2 Å². The second-order valence-corrected chi connectivity index (χ2v) is 3.57. The van der Waals surface area contributed by atoms with E-state index < -0.39 is 6.04 Å². The van der Waals surface area contributed by atoms with Gasteiger partial charge in [-0.1, -0.05) is 20.8 Å². The van der Waals surface area contributed by atoms with Crippen molar-refractivity contribution in [3.8, 4) is 0 Å². The Labute approximate surface area is 79.5 Å². The number of rotatable bonds is 5. The van der Waals surface area contributed by atoms with Gasteiger partial charge in [-0.3, -0.25) is 4.79 Å². The summed E-state index contributed by atoms with van der Waals surface area (Å²) < 4.78 is 0. The highest BCUT2D eigenvalue weighted by molar-refractivity contribution is 5.81. The zero-order valence-electron chi connectivity index (χ0n) is 8.58. The smallest absolute Gasteiger partial charge is 0.237 e. The van der Waals surface area contributed by atoms with Crippen LogP contribution in [-0.2, 0) is 4.79 Å². The van der Waals surface area contributed by atoms with E-state index in [4.69, 9.17) is 10.8 Å². The summed E-state index contributed by atoms with van der Waals surface area (Å²) >= 11 is 0. The zero-order valence-corrected chi connectivity index (χ0v) is 8.58. The Balaban J connectivity index is 3.98. The van der Waals surface area contributed by atoms with Crippen LogP contribution in [0.15, 0.2) is 0 Å². The van der Waals surface area contributed by atoms with Crippen LogP contribution in [0.25, 0.3) is 0 Å². The quantitative estimate of drug-likeness (QED) is 0.562. The van der Waals surface area contributed by atoms with Gasteiger partial charge in [-0.05, 0) is 12.3 Å². The van der Waals surface area contributed by atoms with E-state index in [1.807, 2.05) is 20.8 Å². The van der Waals surface area contributed by atoms with E-state index in [-0.39, 0.29) is 24.5 Å². The Bertz CT molecular complexity index is 156. The molecule has 0 aliphatic carbocycles. The Morgan fingerprint density at radius 3 is 2.38 bits per heavy atom. The highest BCUT2D eigenvalue weighted by Crippen LogP contribution is 1.99. The molecule has 0 aliphatic heterocycles. The predicted octanol–water partition coefficient (Wildman–Crippen LogP) is -0.143. The van der Waals surface area contributed by atoms with E-state index in [2.05, 4.69) is 5.32 Å². The minimum absolute atomic E-state index is 0.0347. The van der Waals surface area contributed by atoms with Crippen LogP contribution in [0.1, 0.15) is 27.2 Å². The lowest BCUT2D eigenvalue weighted by Gasteiger charge is -2.19. The molecule has 0 heterocycles.